The van der Waals surface area contributed by atoms with Crippen LogP contribution in [0.15, 0.2) is 389 Å². The maximum Gasteiger partial charge on any atom is 2.00 e. The maximum absolute atomic E-state index is 8.89. The third-order valence-corrected chi connectivity index (χ3v) is 17.1. The quantitative estimate of drug-likeness (QED) is 0.0665. The summed E-state index contributed by atoms with van der Waals surface area (Å²) >= 11 is 0. The van der Waals surface area contributed by atoms with Crippen molar-refractivity contribution >= 4 is 67.9 Å². The first-order chi connectivity index (χ1) is 50.1. The second-order valence-electron chi connectivity index (χ2n) is 24.2. The summed E-state index contributed by atoms with van der Waals surface area (Å²) in [7, 11) is 0. The minimum Gasteiger partial charge on any atom is -0.550 e. The average Bonchev–Trinajstić information content (AvgIpc) is 0.746. The van der Waals surface area contributed by atoms with Crippen molar-refractivity contribution in [2.45, 2.75) is 53.1 Å². The van der Waals surface area contributed by atoms with Crippen molar-refractivity contribution in [2.75, 3.05) is 0 Å². The summed E-state index contributed by atoms with van der Waals surface area (Å²) in [5.74, 6) is -2.17. The van der Waals surface area contributed by atoms with Gasteiger partial charge in [-0.15, -0.1) is 0 Å². The molecule has 0 fully saturated rings. The van der Waals surface area contributed by atoms with Gasteiger partial charge in [0.2, 0.25) is 0 Å². The summed E-state index contributed by atoms with van der Waals surface area (Å²) < 4.78 is 0. The number of benzene rings is 8. The van der Waals surface area contributed by atoms with E-state index in [1.807, 2.05) is 146 Å². The predicted octanol–water partition coefficient (Wildman–Crippen LogP) is 9.78. The van der Waals surface area contributed by atoms with Crippen molar-refractivity contribution < 1.29 is 53.9 Å². The molecule has 0 saturated carbocycles. The van der Waals surface area contributed by atoms with E-state index in [1.165, 1.54) is 43.7 Å². The number of hydrogen-bond donors (Lipinski definition) is 0. The Morgan fingerprint density at radius 3 is 0.452 bits per heavy atom. The van der Waals surface area contributed by atoms with E-state index in [9.17, 15) is 0 Å². The first-order valence-corrected chi connectivity index (χ1v) is 34.1. The Kier molecular flexibility index (Phi) is 34.0. The summed E-state index contributed by atoms with van der Waals surface area (Å²) in [4.78, 5) is 48.9. The van der Waals surface area contributed by atoms with Crippen molar-refractivity contribution in [3.05, 3.63) is 423 Å². The van der Waals surface area contributed by atoms with Gasteiger partial charge in [0.25, 0.3) is 0 Å². The van der Waals surface area contributed by atoms with Gasteiger partial charge in [0.1, 0.15) is 12.3 Å². The first-order valence-electron chi connectivity index (χ1n) is 34.1. The molecule has 0 unspecified atom stereocenters. The third kappa shape index (κ3) is 24.5. The van der Waals surface area contributed by atoms with Crippen molar-refractivity contribution in [3.8, 4) is 0 Å². The van der Waals surface area contributed by atoms with Crippen LogP contribution in [0.4, 0.5) is 0 Å². The number of carboxylic acids is 2. The van der Waals surface area contributed by atoms with E-state index in [2.05, 4.69) is 282 Å². The topological polar surface area (TPSA) is 164 Å². The van der Waals surface area contributed by atoms with E-state index >= 15 is 0 Å². The molecule has 104 heavy (non-hydrogen) atoms. The number of rotatable bonds is 20. The minimum absolute atomic E-state index is 0. The summed E-state index contributed by atoms with van der Waals surface area (Å²) in [6, 6.07) is 123. The van der Waals surface area contributed by atoms with Gasteiger partial charge in [0, 0.05) is 88.4 Å². The Bertz CT molecular complexity index is 3760. The van der Waals surface area contributed by atoms with Crippen LogP contribution in [0.5, 0.6) is 0 Å². The van der Waals surface area contributed by atoms with Gasteiger partial charge in [-0.05, 0) is 86.6 Å². The Morgan fingerprint density at radius 2 is 0.346 bits per heavy atom. The molecule has 0 aliphatic rings. The summed E-state index contributed by atoms with van der Waals surface area (Å²) in [6.07, 6.45) is 8.54. The summed E-state index contributed by atoms with van der Waals surface area (Å²) in [5.41, 5.74) is 17.0. The van der Waals surface area contributed by atoms with E-state index in [0.29, 0.717) is 0 Å². The molecule has 14 rings (SSSR count). The number of nitrogens with zero attached hydrogens (tertiary/aromatic N) is 8. The van der Waals surface area contributed by atoms with Crippen LogP contribution in [0.1, 0.15) is 48.0 Å². The molecular formula is C88H82B2Mn2N8O4. The molecule has 0 aliphatic heterocycles. The molecule has 6 aromatic heterocycles. The fraction of sp³-hybridized carbons (Fsp3) is 0.0909. The molecule has 0 aliphatic carbocycles. The van der Waals surface area contributed by atoms with Crippen molar-refractivity contribution in [1.29, 1.82) is 0 Å². The van der Waals surface area contributed by atoms with Crippen LogP contribution in [0.3, 0.4) is 0 Å². The molecule has 16 heteroatoms. The van der Waals surface area contributed by atoms with Crippen LogP contribution >= 0.6 is 0 Å². The van der Waals surface area contributed by atoms with E-state index in [4.69, 9.17) is 19.8 Å². The van der Waals surface area contributed by atoms with Gasteiger partial charge in [0.15, 0.2) is 0 Å². The van der Waals surface area contributed by atoms with Crippen LogP contribution in [0.25, 0.3) is 0 Å². The van der Waals surface area contributed by atoms with E-state index in [1.54, 1.807) is 0 Å². The molecule has 0 amide bonds. The largest absolute Gasteiger partial charge is 2.00 e. The fourth-order valence-electron chi connectivity index (χ4n) is 12.9. The van der Waals surface area contributed by atoms with Crippen LogP contribution in [0, 0.1) is 0 Å². The molecule has 0 atom stereocenters. The Balaban J connectivity index is 0.000000186. The fourth-order valence-corrected chi connectivity index (χ4v) is 12.9. The van der Waals surface area contributed by atoms with Crippen molar-refractivity contribution in [1.82, 2.24) is 39.7 Å². The SMILES string of the molecule is CC(=O)[O-].CC(=O)[O-].[Mn+2].[Mn+2].c1ccc(CN(Cc2ccccn2)Cc2ccccn2)nc1.c1ccc(CN(Cc2ccccn2)Cc2ccccn2)nc1.c1ccc([B-](c2ccccc2)(c2ccccc2)c2ccccc2)cc1.c1ccc([B-](c2ccccc2)(c2ccccc2)c2ccccc2)cc1. The van der Waals surface area contributed by atoms with Gasteiger partial charge in [0.05, 0.1) is 34.2 Å². The molecule has 2 radical (unpaired) electrons. The molecule has 0 N–H and O–H groups in total. The van der Waals surface area contributed by atoms with Crippen molar-refractivity contribution in [2.24, 2.45) is 0 Å². The van der Waals surface area contributed by atoms with Gasteiger partial charge in [-0.2, -0.15) is 43.7 Å². The Hall–Kier alpha value is -11.3. The zero-order valence-corrected chi connectivity index (χ0v) is 60.7. The van der Waals surface area contributed by atoms with Gasteiger partial charge < -0.3 is 19.8 Å². The molecule has 12 nitrogen and oxygen atoms in total. The average molecular weight is 1450 g/mol. The molecule has 0 saturated heterocycles. The first kappa shape index (κ1) is 80.0. The van der Waals surface area contributed by atoms with Gasteiger partial charge in [-0.3, -0.25) is 39.7 Å². The third-order valence-electron chi connectivity index (χ3n) is 17.1. The van der Waals surface area contributed by atoms with E-state index in [0.717, 1.165) is 87.3 Å². The summed E-state index contributed by atoms with van der Waals surface area (Å²) in [5, 5.41) is 17.8. The van der Waals surface area contributed by atoms with Crippen LogP contribution in [0.2, 0.25) is 0 Å². The Morgan fingerprint density at radius 1 is 0.231 bits per heavy atom. The number of carboxylic acid groups (broad SMARTS) is 2. The smallest absolute Gasteiger partial charge is 0.550 e. The number of carbonyl (C=O) groups excluding carboxylic acids is 2. The zero-order chi connectivity index (χ0) is 71.1. The van der Waals surface area contributed by atoms with Crippen LogP contribution in [-0.2, 0) is 83.0 Å². The van der Waals surface area contributed by atoms with Gasteiger partial charge >= 0.3 is 34.1 Å². The number of aromatic nitrogens is 6. The van der Waals surface area contributed by atoms with Crippen LogP contribution in [-0.4, -0.2) is 63.9 Å². The number of hydrogen-bond acceptors (Lipinski definition) is 12. The van der Waals surface area contributed by atoms with Gasteiger partial charge in [-0.25, -0.2) is 0 Å². The molecule has 0 spiro atoms. The molecular weight excluding hydrogens is 1360 g/mol. The summed E-state index contributed by atoms with van der Waals surface area (Å²) in [6.45, 7) is 6.58. The molecule has 0 bridgehead atoms. The monoisotopic (exact) mass is 1450 g/mol. The molecule has 8 aromatic carbocycles. The second kappa shape index (κ2) is 44.2. The standard InChI is InChI=1S/2C24H20B.2C18H18N4.2C2H4O2.2Mn/c2*1-5-13-21(14-6-1)25(22-15-7-2-8-16-22,23-17-9-3-10-18-23)24-19-11-4-12-20-24;2*1-4-10-19-16(7-1)13-22(14-17-8-2-5-11-20-17)15-18-9-3-6-12-21-18;2*1-2(3)4;;/h2*1-20H;2*1-12H,13-15H2;2*1H3,(H,3,4);;/q2*-1;;;;;2*+2/p-2. The normalized spacial score (nSPS) is 10.4. The van der Waals surface area contributed by atoms with Crippen LogP contribution < -0.4 is 53.9 Å². The number of aliphatic carboxylic acids is 2. The zero-order valence-electron chi connectivity index (χ0n) is 58.3. The minimum atomic E-state index is -1.22. The van der Waals surface area contributed by atoms with E-state index in [-0.39, 0.29) is 34.1 Å². The molecule has 6 heterocycles. The Labute approximate surface area is 633 Å². The number of carbonyl (C=O) groups is 2. The van der Waals surface area contributed by atoms with E-state index < -0.39 is 24.2 Å². The molecule has 14 aromatic rings. The molecule has 518 valence electrons. The predicted molar refractivity (Wildman–Crippen MR) is 413 cm³/mol. The van der Waals surface area contributed by atoms with Gasteiger partial charge in [-0.1, -0.05) is 279 Å². The maximum atomic E-state index is 8.89. The van der Waals surface area contributed by atoms with Crippen molar-refractivity contribution in [3.63, 3.8) is 0 Å². The second-order valence-corrected chi connectivity index (χ2v) is 24.2. The number of pyridine rings is 6.